The van der Waals surface area contributed by atoms with E-state index in [4.69, 9.17) is 21.1 Å². The number of ether oxygens (including phenoxy) is 2. The van der Waals surface area contributed by atoms with E-state index in [9.17, 15) is 9.90 Å². The molecule has 0 amide bonds. The molecule has 0 spiro atoms. The summed E-state index contributed by atoms with van der Waals surface area (Å²) in [7, 11) is 1.54. The average molecular weight is 476 g/mol. The highest BCUT2D eigenvalue weighted by Crippen LogP contribution is 2.33. The first kappa shape index (κ1) is 23.6. The number of fused-ring (bicyclic) bond motifs is 1. The number of methoxy groups -OCH3 is 1. The largest absolute Gasteiger partial charge is 0.495 e. The zero-order valence-electron chi connectivity index (χ0n) is 19.0. The molecule has 0 fully saturated rings. The highest BCUT2D eigenvalue weighted by molar-refractivity contribution is 6.32. The Hall–Kier alpha value is -3.54. The molecule has 0 saturated carbocycles. The number of carboxylic acids is 1. The Morgan fingerprint density at radius 2 is 1.79 bits per heavy atom. The molecule has 0 bridgehead atoms. The van der Waals surface area contributed by atoms with Crippen molar-refractivity contribution >= 4 is 28.3 Å². The Labute approximate surface area is 203 Å². The number of carbonyl (C=O) groups is 1. The summed E-state index contributed by atoms with van der Waals surface area (Å²) in [5, 5.41) is 16.0. The summed E-state index contributed by atoms with van der Waals surface area (Å²) in [6.07, 6.45) is 0. The fourth-order valence-electron chi connectivity index (χ4n) is 3.99. The maximum absolute atomic E-state index is 11.7. The number of carboxylic acid groups (broad SMARTS) is 1. The first-order valence-corrected chi connectivity index (χ1v) is 11.4. The van der Waals surface area contributed by atoms with Crippen molar-refractivity contribution in [1.82, 2.24) is 5.32 Å². The summed E-state index contributed by atoms with van der Waals surface area (Å²) >= 11 is 6.13. The molecule has 0 aliphatic heterocycles. The lowest BCUT2D eigenvalue weighted by molar-refractivity contribution is 0.0696. The molecule has 1 atom stereocenters. The van der Waals surface area contributed by atoms with E-state index in [2.05, 4.69) is 42.6 Å². The van der Waals surface area contributed by atoms with E-state index in [1.54, 1.807) is 25.3 Å². The third-order valence-electron chi connectivity index (χ3n) is 5.75. The van der Waals surface area contributed by atoms with Gasteiger partial charge in [-0.1, -0.05) is 60.1 Å². The van der Waals surface area contributed by atoms with Crippen LogP contribution in [-0.4, -0.2) is 31.3 Å². The van der Waals surface area contributed by atoms with Gasteiger partial charge in [-0.05, 0) is 64.7 Å². The Bertz CT molecular complexity index is 1320. The minimum atomic E-state index is -1.02. The molecule has 0 aliphatic carbocycles. The molecule has 4 aromatic rings. The molecule has 0 unspecified atom stereocenters. The van der Waals surface area contributed by atoms with Crippen molar-refractivity contribution in [3.63, 3.8) is 0 Å². The number of nitrogens with one attached hydrogen (secondary N) is 1. The summed E-state index contributed by atoms with van der Waals surface area (Å²) in [6, 6.07) is 25.1. The number of aromatic carboxylic acids is 1. The molecule has 34 heavy (non-hydrogen) atoms. The van der Waals surface area contributed by atoms with Gasteiger partial charge in [-0.3, -0.25) is 0 Å². The van der Waals surface area contributed by atoms with Crippen LogP contribution < -0.4 is 14.8 Å². The third-order valence-corrected chi connectivity index (χ3v) is 6.06. The van der Waals surface area contributed by atoms with E-state index in [1.165, 1.54) is 22.4 Å². The van der Waals surface area contributed by atoms with Crippen LogP contribution >= 0.6 is 11.6 Å². The van der Waals surface area contributed by atoms with Gasteiger partial charge in [-0.15, -0.1) is 0 Å². The Morgan fingerprint density at radius 1 is 1.00 bits per heavy atom. The lowest BCUT2D eigenvalue weighted by atomic mass is 10.00. The zero-order chi connectivity index (χ0) is 24.1. The predicted molar refractivity (Wildman–Crippen MR) is 136 cm³/mol. The number of rotatable bonds is 9. The van der Waals surface area contributed by atoms with E-state index >= 15 is 0 Å². The summed E-state index contributed by atoms with van der Waals surface area (Å²) < 4.78 is 11.2. The Kier molecular flexibility index (Phi) is 7.36. The van der Waals surface area contributed by atoms with E-state index < -0.39 is 5.97 Å². The van der Waals surface area contributed by atoms with Crippen molar-refractivity contribution in [2.75, 3.05) is 20.3 Å². The first-order chi connectivity index (χ1) is 16.5. The quantitative estimate of drug-likeness (QED) is 0.267. The van der Waals surface area contributed by atoms with Crippen LogP contribution in [-0.2, 0) is 0 Å². The van der Waals surface area contributed by atoms with Crippen LogP contribution in [0.15, 0.2) is 78.9 Å². The first-order valence-electron chi connectivity index (χ1n) is 11.0. The topological polar surface area (TPSA) is 67.8 Å². The molecule has 0 radical (unpaired) electrons. The second-order valence-corrected chi connectivity index (χ2v) is 8.40. The van der Waals surface area contributed by atoms with E-state index in [0.29, 0.717) is 35.2 Å². The highest BCUT2D eigenvalue weighted by atomic mass is 35.5. The van der Waals surface area contributed by atoms with Crippen molar-refractivity contribution in [2.45, 2.75) is 13.0 Å². The van der Waals surface area contributed by atoms with Gasteiger partial charge in [0, 0.05) is 12.6 Å². The smallest absolute Gasteiger partial charge is 0.335 e. The van der Waals surface area contributed by atoms with Crippen LogP contribution in [0.4, 0.5) is 0 Å². The van der Waals surface area contributed by atoms with Crippen LogP contribution in [0.2, 0.25) is 5.02 Å². The van der Waals surface area contributed by atoms with Gasteiger partial charge in [-0.2, -0.15) is 0 Å². The van der Waals surface area contributed by atoms with E-state index in [1.807, 2.05) is 24.3 Å². The molecule has 174 valence electrons. The van der Waals surface area contributed by atoms with Gasteiger partial charge in [-0.25, -0.2) is 4.79 Å². The van der Waals surface area contributed by atoms with Crippen LogP contribution in [0.5, 0.6) is 11.5 Å². The molecule has 0 saturated heterocycles. The number of hydrogen-bond donors (Lipinski definition) is 2. The van der Waals surface area contributed by atoms with Gasteiger partial charge in [0.1, 0.15) is 18.1 Å². The second kappa shape index (κ2) is 10.6. The van der Waals surface area contributed by atoms with Gasteiger partial charge in [0.2, 0.25) is 0 Å². The number of benzene rings is 4. The predicted octanol–water partition coefficient (Wildman–Crippen LogP) is 6.60. The maximum atomic E-state index is 11.7. The fourth-order valence-corrected chi connectivity index (χ4v) is 4.19. The molecule has 4 aromatic carbocycles. The van der Waals surface area contributed by atoms with E-state index in [0.717, 1.165) is 5.56 Å². The molecule has 4 rings (SSSR count). The molecule has 6 heteroatoms. The van der Waals surface area contributed by atoms with Gasteiger partial charge in [0.25, 0.3) is 0 Å². The lowest BCUT2D eigenvalue weighted by Crippen LogP contribution is -2.24. The van der Waals surface area contributed by atoms with Crippen LogP contribution in [0.3, 0.4) is 0 Å². The molecular formula is C28H26ClNO4. The van der Waals surface area contributed by atoms with E-state index in [-0.39, 0.29) is 11.6 Å². The van der Waals surface area contributed by atoms with Crippen molar-refractivity contribution in [2.24, 2.45) is 0 Å². The van der Waals surface area contributed by atoms with Gasteiger partial charge < -0.3 is 19.9 Å². The molecule has 0 aliphatic rings. The molecule has 0 aromatic heterocycles. The average Bonchev–Trinajstić information content (AvgIpc) is 2.86. The summed E-state index contributed by atoms with van der Waals surface area (Å²) in [6.45, 7) is 3.12. The van der Waals surface area contributed by atoms with Gasteiger partial charge in [0.15, 0.2) is 0 Å². The summed E-state index contributed by atoms with van der Waals surface area (Å²) in [4.78, 5) is 11.7. The van der Waals surface area contributed by atoms with Crippen LogP contribution in [0.1, 0.15) is 28.9 Å². The minimum Gasteiger partial charge on any atom is -0.495 e. The molecule has 5 nitrogen and oxygen atoms in total. The van der Waals surface area contributed by atoms with Crippen molar-refractivity contribution in [3.05, 3.63) is 95.0 Å². The standard InChI is InChI=1S/C28H26ClNO4/c1-18(24-9-5-7-19-6-3-4-8-25(19)24)30-12-13-34-23-15-21(14-22(16-23)28(31)32)20-10-11-26(29)27(17-20)33-2/h3-11,14-18,30H,12-13H2,1-2H3,(H,31,32)/t18-/m1/s1. The monoisotopic (exact) mass is 475 g/mol. The van der Waals surface area contributed by atoms with Crippen LogP contribution in [0.25, 0.3) is 21.9 Å². The number of hydrogen-bond acceptors (Lipinski definition) is 4. The Morgan fingerprint density at radius 3 is 2.59 bits per heavy atom. The molecular weight excluding hydrogens is 450 g/mol. The van der Waals surface area contributed by atoms with Crippen molar-refractivity contribution in [1.29, 1.82) is 0 Å². The zero-order valence-corrected chi connectivity index (χ0v) is 19.8. The van der Waals surface area contributed by atoms with Crippen molar-refractivity contribution in [3.8, 4) is 22.6 Å². The van der Waals surface area contributed by atoms with Gasteiger partial charge in [0.05, 0.1) is 17.7 Å². The fraction of sp³-hybridized carbons (Fsp3) is 0.179. The molecule has 0 heterocycles. The minimum absolute atomic E-state index is 0.136. The second-order valence-electron chi connectivity index (χ2n) is 7.99. The summed E-state index contributed by atoms with van der Waals surface area (Å²) in [5.74, 6) is -0.00671. The van der Waals surface area contributed by atoms with Gasteiger partial charge >= 0.3 is 5.97 Å². The van der Waals surface area contributed by atoms with Crippen molar-refractivity contribution < 1.29 is 19.4 Å². The Balaban J connectivity index is 1.46. The third kappa shape index (κ3) is 5.33. The normalized spacial score (nSPS) is 11.9. The lowest BCUT2D eigenvalue weighted by Gasteiger charge is -2.17. The maximum Gasteiger partial charge on any atom is 0.335 e. The number of halogens is 1. The highest BCUT2D eigenvalue weighted by Gasteiger charge is 2.12. The van der Waals surface area contributed by atoms with Crippen LogP contribution in [0, 0.1) is 0 Å². The summed E-state index contributed by atoms with van der Waals surface area (Å²) in [5.41, 5.74) is 2.88. The SMILES string of the molecule is COc1cc(-c2cc(OCCN[C@H](C)c3cccc4ccccc34)cc(C(=O)O)c2)ccc1Cl. The molecule has 2 N–H and O–H groups in total.